The first-order valence-electron chi connectivity index (χ1n) is 4.75. The fourth-order valence-corrected chi connectivity index (χ4v) is 2.36. The molecule has 0 saturated carbocycles. The maximum absolute atomic E-state index is 13.4. The zero-order valence-electron chi connectivity index (χ0n) is 8.72. The van der Waals surface area contributed by atoms with Gasteiger partial charge in [0.1, 0.15) is 11.2 Å². The Kier molecular flexibility index (Phi) is 2.87. The normalized spacial score (nSPS) is 24.0. The summed E-state index contributed by atoms with van der Waals surface area (Å²) in [6.45, 7) is 1.48. The van der Waals surface area contributed by atoms with Gasteiger partial charge >= 0.3 is 11.9 Å². The summed E-state index contributed by atoms with van der Waals surface area (Å²) < 4.78 is 17.8. The maximum atomic E-state index is 13.4. The minimum absolute atomic E-state index is 0.130. The van der Waals surface area contributed by atoms with E-state index in [-0.39, 0.29) is 22.0 Å². The molecule has 6 heteroatoms. The highest BCUT2D eigenvalue weighted by Gasteiger charge is 2.48. The minimum atomic E-state index is -1.25. The molecule has 0 spiro atoms. The number of carbonyl (C=O) groups excluding carboxylic acids is 2. The summed E-state index contributed by atoms with van der Waals surface area (Å²) in [5, 5.41) is -0.00871. The molecule has 0 radical (unpaired) electrons. The lowest BCUT2D eigenvalue weighted by atomic mass is 9.81. The molecular formula is C11H7Cl2FO3. The van der Waals surface area contributed by atoms with Crippen LogP contribution in [0.2, 0.25) is 10.0 Å². The van der Waals surface area contributed by atoms with Crippen LogP contribution in [0.4, 0.5) is 4.39 Å². The van der Waals surface area contributed by atoms with E-state index in [2.05, 4.69) is 4.74 Å². The molecule has 1 fully saturated rings. The highest BCUT2D eigenvalue weighted by molar-refractivity contribution is 6.35. The highest BCUT2D eigenvalue weighted by atomic mass is 35.5. The molecule has 0 N–H and O–H groups in total. The lowest BCUT2D eigenvalue weighted by Crippen LogP contribution is -2.28. The van der Waals surface area contributed by atoms with Crippen LogP contribution in [0.15, 0.2) is 12.1 Å². The highest BCUT2D eigenvalue weighted by Crippen LogP contribution is 2.40. The van der Waals surface area contributed by atoms with Crippen molar-refractivity contribution in [1.29, 1.82) is 0 Å². The monoisotopic (exact) mass is 276 g/mol. The average molecular weight is 277 g/mol. The Morgan fingerprint density at radius 3 is 2.47 bits per heavy atom. The van der Waals surface area contributed by atoms with Gasteiger partial charge in [0.15, 0.2) is 0 Å². The maximum Gasteiger partial charge on any atom is 0.324 e. The Balaban J connectivity index is 2.58. The molecule has 0 amide bonds. The van der Waals surface area contributed by atoms with Gasteiger partial charge in [-0.15, -0.1) is 0 Å². The van der Waals surface area contributed by atoms with Gasteiger partial charge in [-0.2, -0.15) is 0 Å². The smallest absolute Gasteiger partial charge is 0.324 e. The molecule has 1 aliphatic heterocycles. The molecule has 1 unspecified atom stereocenters. The molecule has 1 aromatic carbocycles. The Hall–Kier alpha value is -1.13. The summed E-state index contributed by atoms with van der Waals surface area (Å²) in [5.41, 5.74) is -1.04. The molecule has 1 heterocycles. The minimum Gasteiger partial charge on any atom is -0.392 e. The Bertz CT molecular complexity index is 530. The standard InChI is InChI=1S/C11H7Cl2FO3/c1-11(4-9(15)17-10(11)16)5-2-8(14)7(13)3-6(5)12/h2-3H,4H2,1H3. The average Bonchev–Trinajstić information content (AvgIpc) is 2.47. The fourth-order valence-electron chi connectivity index (χ4n) is 1.76. The van der Waals surface area contributed by atoms with Crippen LogP contribution in [0.5, 0.6) is 0 Å². The van der Waals surface area contributed by atoms with Gasteiger partial charge in [0.05, 0.1) is 11.4 Å². The molecule has 90 valence electrons. The molecule has 2 rings (SSSR count). The zero-order chi connectivity index (χ0) is 12.8. The molecule has 1 atom stereocenters. The van der Waals surface area contributed by atoms with E-state index in [1.54, 1.807) is 0 Å². The second-order valence-corrected chi connectivity index (χ2v) is 4.83. The fraction of sp³-hybridized carbons (Fsp3) is 0.273. The SMILES string of the molecule is CC1(c2cc(F)c(Cl)cc2Cl)CC(=O)OC1=O. The third kappa shape index (κ3) is 1.91. The van der Waals surface area contributed by atoms with Crippen molar-refractivity contribution in [2.45, 2.75) is 18.8 Å². The zero-order valence-corrected chi connectivity index (χ0v) is 10.2. The molecule has 0 bridgehead atoms. The summed E-state index contributed by atoms with van der Waals surface area (Å²) >= 11 is 11.5. The molecule has 17 heavy (non-hydrogen) atoms. The summed E-state index contributed by atoms with van der Waals surface area (Å²) in [6.07, 6.45) is -0.160. The van der Waals surface area contributed by atoms with E-state index < -0.39 is 23.2 Å². The number of halogens is 3. The van der Waals surface area contributed by atoms with Crippen LogP contribution in [0.1, 0.15) is 18.9 Å². The molecule has 1 saturated heterocycles. The summed E-state index contributed by atoms with van der Waals surface area (Å²) in [6, 6.07) is 2.26. The third-order valence-corrected chi connectivity index (χ3v) is 3.36. The third-order valence-electron chi connectivity index (χ3n) is 2.76. The van der Waals surface area contributed by atoms with Crippen molar-refractivity contribution in [2.24, 2.45) is 0 Å². The summed E-state index contributed by atoms with van der Waals surface area (Å²) in [7, 11) is 0. The van der Waals surface area contributed by atoms with Gasteiger partial charge in [0.25, 0.3) is 0 Å². The number of benzene rings is 1. The van der Waals surface area contributed by atoms with Crippen LogP contribution in [-0.4, -0.2) is 11.9 Å². The van der Waals surface area contributed by atoms with E-state index in [1.165, 1.54) is 13.0 Å². The van der Waals surface area contributed by atoms with E-state index in [0.29, 0.717) is 0 Å². The number of ether oxygens (including phenoxy) is 1. The van der Waals surface area contributed by atoms with Gasteiger partial charge in [-0.05, 0) is 24.6 Å². The number of carbonyl (C=O) groups is 2. The largest absolute Gasteiger partial charge is 0.392 e. The second kappa shape index (κ2) is 3.96. The number of cyclic esters (lactones) is 2. The lowest BCUT2D eigenvalue weighted by molar-refractivity contribution is -0.153. The van der Waals surface area contributed by atoms with Crippen LogP contribution >= 0.6 is 23.2 Å². The summed E-state index contributed by atoms with van der Waals surface area (Å²) in [5.74, 6) is -2.07. The van der Waals surface area contributed by atoms with E-state index in [9.17, 15) is 14.0 Å². The molecule has 3 nitrogen and oxygen atoms in total. The number of esters is 2. The molecular weight excluding hydrogens is 270 g/mol. The van der Waals surface area contributed by atoms with Gasteiger partial charge in [0.2, 0.25) is 0 Å². The first-order chi connectivity index (χ1) is 7.84. The van der Waals surface area contributed by atoms with Crippen molar-refractivity contribution >= 4 is 35.1 Å². The summed E-state index contributed by atoms with van der Waals surface area (Å²) in [4.78, 5) is 22.7. The van der Waals surface area contributed by atoms with Crippen molar-refractivity contribution in [3.8, 4) is 0 Å². The quantitative estimate of drug-likeness (QED) is 0.450. The predicted molar refractivity (Wildman–Crippen MR) is 59.5 cm³/mol. The van der Waals surface area contributed by atoms with Crippen LogP contribution in [0, 0.1) is 5.82 Å². The van der Waals surface area contributed by atoms with Crippen LogP contribution in [0.3, 0.4) is 0 Å². The lowest BCUT2D eigenvalue weighted by Gasteiger charge is -2.20. The molecule has 0 aliphatic carbocycles. The molecule has 1 aromatic rings. The Morgan fingerprint density at radius 2 is 1.94 bits per heavy atom. The van der Waals surface area contributed by atoms with Crippen LogP contribution in [-0.2, 0) is 19.7 Å². The van der Waals surface area contributed by atoms with Crippen molar-refractivity contribution in [3.63, 3.8) is 0 Å². The van der Waals surface area contributed by atoms with Gasteiger partial charge < -0.3 is 4.74 Å². The van der Waals surface area contributed by atoms with E-state index in [0.717, 1.165) is 6.07 Å². The first-order valence-corrected chi connectivity index (χ1v) is 5.50. The Labute approximate surface area is 106 Å². The number of hydrogen-bond donors (Lipinski definition) is 0. The van der Waals surface area contributed by atoms with Crippen molar-refractivity contribution in [3.05, 3.63) is 33.6 Å². The van der Waals surface area contributed by atoms with E-state index in [1.807, 2.05) is 0 Å². The van der Waals surface area contributed by atoms with Crippen molar-refractivity contribution in [1.82, 2.24) is 0 Å². The van der Waals surface area contributed by atoms with Crippen molar-refractivity contribution in [2.75, 3.05) is 0 Å². The topological polar surface area (TPSA) is 43.4 Å². The van der Waals surface area contributed by atoms with Crippen molar-refractivity contribution < 1.29 is 18.7 Å². The van der Waals surface area contributed by atoms with Gasteiger partial charge in [-0.25, -0.2) is 4.39 Å². The van der Waals surface area contributed by atoms with E-state index >= 15 is 0 Å². The molecule has 0 aromatic heterocycles. The first kappa shape index (κ1) is 12.3. The van der Waals surface area contributed by atoms with Crippen LogP contribution in [0.25, 0.3) is 0 Å². The van der Waals surface area contributed by atoms with Gasteiger partial charge in [-0.3, -0.25) is 9.59 Å². The van der Waals surface area contributed by atoms with Gasteiger partial charge in [-0.1, -0.05) is 23.2 Å². The van der Waals surface area contributed by atoms with Crippen LogP contribution < -0.4 is 0 Å². The predicted octanol–water partition coefficient (Wildman–Crippen LogP) is 2.86. The Morgan fingerprint density at radius 1 is 1.29 bits per heavy atom. The number of hydrogen-bond acceptors (Lipinski definition) is 3. The van der Waals surface area contributed by atoms with Gasteiger partial charge in [0, 0.05) is 5.02 Å². The molecule has 1 aliphatic rings. The second-order valence-electron chi connectivity index (χ2n) is 4.02. The number of rotatable bonds is 1. The van der Waals surface area contributed by atoms with E-state index in [4.69, 9.17) is 23.2 Å².